The van der Waals surface area contributed by atoms with Gasteiger partial charge in [0, 0.05) is 11.8 Å². The van der Waals surface area contributed by atoms with Crippen LogP contribution in [0.3, 0.4) is 0 Å². The second-order valence-electron chi connectivity index (χ2n) is 3.71. The number of pyridine rings is 1. The highest BCUT2D eigenvalue weighted by molar-refractivity contribution is 6.07. The van der Waals surface area contributed by atoms with Gasteiger partial charge in [0.25, 0.3) is 11.6 Å². The van der Waals surface area contributed by atoms with E-state index in [1.165, 1.54) is 0 Å². The zero-order valence-electron chi connectivity index (χ0n) is 9.33. The van der Waals surface area contributed by atoms with Crippen LogP contribution in [-0.2, 0) is 0 Å². The highest BCUT2D eigenvalue weighted by Gasteiger charge is 2.12. The summed E-state index contributed by atoms with van der Waals surface area (Å²) in [5.74, 6) is 0.154. The Bertz CT molecular complexity index is 692. The van der Waals surface area contributed by atoms with E-state index in [-0.39, 0.29) is 5.91 Å². The molecule has 2 aromatic heterocycles. The zero-order valence-corrected chi connectivity index (χ0v) is 9.33. The summed E-state index contributed by atoms with van der Waals surface area (Å²) in [6.45, 7) is 0. The van der Waals surface area contributed by atoms with E-state index in [1.54, 1.807) is 42.6 Å². The molecule has 1 N–H and O–H groups in total. The lowest BCUT2D eigenvalue weighted by molar-refractivity contribution is 0.102. The Labute approximate surface area is 102 Å². The maximum atomic E-state index is 11.9. The average Bonchev–Trinajstić information content (AvgIpc) is 2.83. The Hall–Kier alpha value is -2.69. The van der Waals surface area contributed by atoms with Gasteiger partial charge in [-0.1, -0.05) is 23.4 Å². The third kappa shape index (κ3) is 1.82. The van der Waals surface area contributed by atoms with E-state index in [0.29, 0.717) is 22.5 Å². The molecule has 88 valence electrons. The molecule has 1 amide bonds. The van der Waals surface area contributed by atoms with Crippen molar-refractivity contribution in [1.82, 2.24) is 10.1 Å². The van der Waals surface area contributed by atoms with E-state index < -0.39 is 0 Å². The second-order valence-corrected chi connectivity index (χ2v) is 3.71. The highest BCUT2D eigenvalue weighted by atomic mass is 16.5. The smallest absolute Gasteiger partial charge is 0.259 e. The quantitative estimate of drug-likeness (QED) is 0.745. The van der Waals surface area contributed by atoms with Crippen LogP contribution >= 0.6 is 0 Å². The van der Waals surface area contributed by atoms with Gasteiger partial charge in [-0.05, 0) is 24.3 Å². The van der Waals surface area contributed by atoms with Crippen molar-refractivity contribution in [3.8, 4) is 0 Å². The maximum absolute atomic E-state index is 11.9. The number of fused-ring (bicyclic) bond motifs is 1. The number of aromatic nitrogens is 2. The number of benzene rings is 1. The Balaban J connectivity index is 1.91. The Morgan fingerprint density at radius 3 is 2.78 bits per heavy atom. The van der Waals surface area contributed by atoms with E-state index in [1.807, 2.05) is 6.07 Å². The fourth-order valence-corrected chi connectivity index (χ4v) is 1.64. The van der Waals surface area contributed by atoms with E-state index in [0.717, 1.165) is 0 Å². The van der Waals surface area contributed by atoms with Crippen molar-refractivity contribution in [3.63, 3.8) is 0 Å². The van der Waals surface area contributed by atoms with Crippen LogP contribution in [0.2, 0.25) is 0 Å². The molecule has 5 heteroatoms. The van der Waals surface area contributed by atoms with Crippen molar-refractivity contribution >= 4 is 22.8 Å². The molecular weight excluding hydrogens is 230 g/mol. The number of anilines is 1. The first-order chi connectivity index (χ1) is 8.84. The number of amides is 1. The second kappa shape index (κ2) is 4.29. The maximum Gasteiger partial charge on any atom is 0.259 e. The molecule has 0 saturated carbocycles. The summed E-state index contributed by atoms with van der Waals surface area (Å²) >= 11 is 0. The minimum absolute atomic E-state index is 0.227. The molecule has 5 nitrogen and oxygen atoms in total. The molecule has 0 aliphatic carbocycles. The van der Waals surface area contributed by atoms with Crippen molar-refractivity contribution in [1.29, 1.82) is 0 Å². The summed E-state index contributed by atoms with van der Waals surface area (Å²) in [5.41, 5.74) is 0.971. The molecule has 0 spiro atoms. The average molecular weight is 239 g/mol. The van der Waals surface area contributed by atoms with Gasteiger partial charge in [-0.3, -0.25) is 4.79 Å². The number of nitrogens with one attached hydrogen (secondary N) is 1. The van der Waals surface area contributed by atoms with Gasteiger partial charge in [-0.25, -0.2) is 4.98 Å². The number of hydrogen-bond donors (Lipinski definition) is 1. The first-order valence-corrected chi connectivity index (χ1v) is 5.41. The third-order valence-corrected chi connectivity index (χ3v) is 2.52. The van der Waals surface area contributed by atoms with Crippen LogP contribution in [0.25, 0.3) is 11.1 Å². The minimum atomic E-state index is -0.227. The van der Waals surface area contributed by atoms with Crippen LogP contribution < -0.4 is 5.32 Å². The van der Waals surface area contributed by atoms with Crippen molar-refractivity contribution in [2.24, 2.45) is 0 Å². The third-order valence-electron chi connectivity index (χ3n) is 2.52. The first-order valence-electron chi connectivity index (χ1n) is 5.41. The molecule has 0 radical (unpaired) electrons. The summed E-state index contributed by atoms with van der Waals surface area (Å²) in [6, 6.07) is 12.5. The lowest BCUT2D eigenvalue weighted by Crippen LogP contribution is -2.11. The van der Waals surface area contributed by atoms with Gasteiger partial charge in [0.2, 0.25) is 0 Å². The molecule has 0 unspecified atom stereocenters. The molecular formula is C13H9N3O2. The minimum Gasteiger partial charge on any atom is -0.334 e. The van der Waals surface area contributed by atoms with Gasteiger partial charge in [0.15, 0.2) is 5.82 Å². The number of carbonyl (C=O) groups is 1. The lowest BCUT2D eigenvalue weighted by atomic mass is 10.2. The van der Waals surface area contributed by atoms with Gasteiger partial charge < -0.3 is 9.84 Å². The highest BCUT2D eigenvalue weighted by Crippen LogP contribution is 2.20. The lowest BCUT2D eigenvalue weighted by Gasteiger charge is -2.00. The predicted octanol–water partition coefficient (Wildman–Crippen LogP) is 2.48. The van der Waals surface area contributed by atoms with Gasteiger partial charge in [0.05, 0.1) is 5.39 Å². The summed E-state index contributed by atoms with van der Waals surface area (Å²) in [7, 11) is 0. The van der Waals surface area contributed by atoms with E-state index in [2.05, 4.69) is 15.5 Å². The molecule has 0 saturated heterocycles. The number of nitrogens with zero attached hydrogens (tertiary/aromatic N) is 2. The Morgan fingerprint density at radius 2 is 1.94 bits per heavy atom. The first kappa shape index (κ1) is 10.5. The summed E-state index contributed by atoms with van der Waals surface area (Å²) in [4.78, 5) is 15.9. The molecule has 0 aliphatic rings. The van der Waals surface area contributed by atoms with E-state index in [4.69, 9.17) is 4.52 Å². The van der Waals surface area contributed by atoms with E-state index >= 15 is 0 Å². The Morgan fingerprint density at radius 1 is 1.11 bits per heavy atom. The van der Waals surface area contributed by atoms with Crippen LogP contribution in [0.15, 0.2) is 53.2 Å². The summed E-state index contributed by atoms with van der Waals surface area (Å²) < 4.78 is 5.01. The monoisotopic (exact) mass is 239 g/mol. The van der Waals surface area contributed by atoms with Crippen LogP contribution in [0.4, 0.5) is 5.82 Å². The standard InChI is InChI=1S/C13H9N3O2/c17-12(9-5-2-1-3-6-9)15-11-10-7-4-8-14-13(10)18-16-11/h1-8H,(H,15,16,17). The van der Waals surface area contributed by atoms with Gasteiger partial charge >= 0.3 is 0 Å². The summed E-state index contributed by atoms with van der Waals surface area (Å²) in [6.07, 6.45) is 1.61. The van der Waals surface area contributed by atoms with Crippen LogP contribution in [0.5, 0.6) is 0 Å². The van der Waals surface area contributed by atoms with Crippen molar-refractivity contribution < 1.29 is 9.32 Å². The molecule has 3 rings (SSSR count). The normalized spacial score (nSPS) is 10.4. The fourth-order valence-electron chi connectivity index (χ4n) is 1.64. The molecule has 0 bridgehead atoms. The largest absolute Gasteiger partial charge is 0.334 e. The Kier molecular flexibility index (Phi) is 2.49. The zero-order chi connectivity index (χ0) is 12.4. The van der Waals surface area contributed by atoms with Crippen molar-refractivity contribution in [2.45, 2.75) is 0 Å². The van der Waals surface area contributed by atoms with Crippen molar-refractivity contribution in [2.75, 3.05) is 5.32 Å². The molecule has 3 aromatic rings. The number of rotatable bonds is 2. The van der Waals surface area contributed by atoms with Crippen LogP contribution in [0, 0.1) is 0 Å². The molecule has 1 aromatic carbocycles. The SMILES string of the molecule is O=C(Nc1noc2ncccc12)c1ccccc1. The number of carbonyl (C=O) groups excluding carboxylic acids is 1. The molecule has 0 aliphatic heterocycles. The van der Waals surface area contributed by atoms with Gasteiger partial charge in [-0.2, -0.15) is 0 Å². The molecule has 2 heterocycles. The van der Waals surface area contributed by atoms with Crippen LogP contribution in [0.1, 0.15) is 10.4 Å². The topological polar surface area (TPSA) is 68.0 Å². The molecule has 0 fully saturated rings. The van der Waals surface area contributed by atoms with Crippen molar-refractivity contribution in [3.05, 3.63) is 54.2 Å². The molecule has 0 atom stereocenters. The molecule has 18 heavy (non-hydrogen) atoms. The predicted molar refractivity (Wildman–Crippen MR) is 66.2 cm³/mol. The fraction of sp³-hybridized carbons (Fsp3) is 0. The van der Waals surface area contributed by atoms with Gasteiger partial charge in [-0.15, -0.1) is 0 Å². The van der Waals surface area contributed by atoms with Crippen LogP contribution in [-0.4, -0.2) is 16.0 Å². The van der Waals surface area contributed by atoms with E-state index in [9.17, 15) is 4.79 Å². The number of hydrogen-bond acceptors (Lipinski definition) is 4. The van der Waals surface area contributed by atoms with Gasteiger partial charge in [0.1, 0.15) is 0 Å². The summed E-state index contributed by atoms with van der Waals surface area (Å²) in [5, 5.41) is 7.17.